The van der Waals surface area contributed by atoms with Gasteiger partial charge < -0.3 is 40.3 Å². The SMILES string of the molecule is CCCCCCCCCCCCCC/C=C\CCCCCCCCCCCCCCCCC(=O)NC(COC1OC(CO)C(O)C(O)C1O)C(O)/C=C/CC/C=C/CCCCCCCCCCCCCCCCCCCCC. The summed E-state index contributed by atoms with van der Waals surface area (Å²) < 4.78 is 11.3. The first kappa shape index (κ1) is 74.4. The largest absolute Gasteiger partial charge is 0.394 e. The van der Waals surface area contributed by atoms with E-state index in [1.54, 1.807) is 6.08 Å². The van der Waals surface area contributed by atoms with Crippen molar-refractivity contribution in [3.05, 3.63) is 36.5 Å². The number of nitrogens with one attached hydrogen (secondary N) is 1. The Morgan fingerprint density at radius 2 is 0.731 bits per heavy atom. The van der Waals surface area contributed by atoms with Crippen LogP contribution in [0.5, 0.6) is 0 Å². The molecule has 7 atom stereocenters. The van der Waals surface area contributed by atoms with Gasteiger partial charge in [-0.1, -0.05) is 314 Å². The second-order valence-corrected chi connectivity index (χ2v) is 24.0. The van der Waals surface area contributed by atoms with Gasteiger partial charge in [0.2, 0.25) is 5.91 Å². The topological polar surface area (TPSA) is 149 Å². The number of carbonyl (C=O) groups excluding carboxylic acids is 1. The molecule has 9 heteroatoms. The number of aliphatic hydroxyl groups excluding tert-OH is 5. The summed E-state index contributed by atoms with van der Waals surface area (Å²) in [6.07, 6.45) is 71.1. The van der Waals surface area contributed by atoms with Crippen LogP contribution in [0.4, 0.5) is 0 Å². The lowest BCUT2D eigenvalue weighted by Crippen LogP contribution is -2.60. The smallest absolute Gasteiger partial charge is 0.220 e. The maximum absolute atomic E-state index is 13.1. The first-order valence-corrected chi connectivity index (χ1v) is 34.2. The fourth-order valence-corrected chi connectivity index (χ4v) is 11.1. The molecule has 0 radical (unpaired) electrons. The lowest BCUT2D eigenvalue weighted by atomic mass is 9.99. The van der Waals surface area contributed by atoms with E-state index in [0.29, 0.717) is 6.42 Å². The Balaban J connectivity index is 2.15. The molecule has 0 aromatic heterocycles. The van der Waals surface area contributed by atoms with Gasteiger partial charge in [-0.05, 0) is 57.8 Å². The van der Waals surface area contributed by atoms with Crippen LogP contribution in [0, 0.1) is 0 Å². The predicted octanol–water partition coefficient (Wildman–Crippen LogP) is 18.3. The molecular formula is C69H131NO8. The standard InChI is InChI=1S/C69H131NO8/c1-3-5-7-9-11-13-15-17-19-21-23-25-27-29-30-31-32-33-35-37-39-41-43-45-47-49-51-53-55-57-59-65(73)70-62(61-77-69-68(76)67(75)66(74)64(60-71)78-69)63(72)58-56-54-52-50-48-46-44-42-40-38-36-34-28-26-24-22-20-18-16-14-12-10-8-6-4-2/h29-30,48,50,56,58,62-64,66-69,71-72,74-76H,3-28,31-47,49,51-55,57,59-61H2,1-2H3,(H,70,73)/b30-29-,50-48+,58-56+. The first-order valence-electron chi connectivity index (χ1n) is 34.2. The van der Waals surface area contributed by atoms with E-state index in [-0.39, 0.29) is 12.5 Å². The summed E-state index contributed by atoms with van der Waals surface area (Å²) >= 11 is 0. The molecule has 0 bridgehead atoms. The van der Waals surface area contributed by atoms with Crippen LogP contribution in [0.2, 0.25) is 0 Å². The number of aliphatic hydroxyl groups is 5. The normalized spacial score (nSPS) is 18.8. The highest BCUT2D eigenvalue weighted by Crippen LogP contribution is 2.23. The van der Waals surface area contributed by atoms with Crippen LogP contribution < -0.4 is 5.32 Å². The Bertz CT molecular complexity index is 1320. The van der Waals surface area contributed by atoms with Gasteiger partial charge in [-0.3, -0.25) is 4.79 Å². The molecule has 460 valence electrons. The van der Waals surface area contributed by atoms with Gasteiger partial charge in [0.05, 0.1) is 25.4 Å². The van der Waals surface area contributed by atoms with Crippen LogP contribution in [-0.2, 0) is 14.3 Å². The van der Waals surface area contributed by atoms with Crippen molar-refractivity contribution in [1.82, 2.24) is 5.32 Å². The molecule has 6 N–H and O–H groups in total. The van der Waals surface area contributed by atoms with Crippen molar-refractivity contribution >= 4 is 5.91 Å². The third-order valence-corrected chi connectivity index (χ3v) is 16.4. The van der Waals surface area contributed by atoms with Gasteiger partial charge in [-0.15, -0.1) is 0 Å². The van der Waals surface area contributed by atoms with Gasteiger partial charge in [0.1, 0.15) is 24.4 Å². The van der Waals surface area contributed by atoms with Crippen LogP contribution in [0.15, 0.2) is 36.5 Å². The predicted molar refractivity (Wildman–Crippen MR) is 332 cm³/mol. The van der Waals surface area contributed by atoms with Gasteiger partial charge in [0.25, 0.3) is 0 Å². The Kier molecular flexibility index (Phi) is 55.9. The van der Waals surface area contributed by atoms with Crippen molar-refractivity contribution in [3.63, 3.8) is 0 Å². The molecule has 1 rings (SSSR count). The van der Waals surface area contributed by atoms with E-state index in [2.05, 4.69) is 43.5 Å². The zero-order chi connectivity index (χ0) is 56.5. The van der Waals surface area contributed by atoms with Crippen molar-refractivity contribution in [2.45, 2.75) is 384 Å². The number of ether oxygens (including phenoxy) is 2. The van der Waals surface area contributed by atoms with Crippen LogP contribution in [0.1, 0.15) is 341 Å². The number of hydrogen-bond acceptors (Lipinski definition) is 8. The molecule has 0 aromatic carbocycles. The van der Waals surface area contributed by atoms with Crippen LogP contribution in [-0.4, -0.2) is 87.5 Å². The highest BCUT2D eigenvalue weighted by molar-refractivity contribution is 5.76. The maximum atomic E-state index is 13.1. The third kappa shape index (κ3) is 47.0. The molecule has 9 nitrogen and oxygen atoms in total. The van der Waals surface area contributed by atoms with Gasteiger partial charge in [0, 0.05) is 6.42 Å². The molecule has 1 amide bonds. The summed E-state index contributed by atoms with van der Waals surface area (Å²) in [6.45, 7) is 3.82. The van der Waals surface area contributed by atoms with Gasteiger partial charge >= 0.3 is 0 Å². The number of rotatable bonds is 60. The maximum Gasteiger partial charge on any atom is 0.220 e. The highest BCUT2D eigenvalue weighted by Gasteiger charge is 2.44. The minimum Gasteiger partial charge on any atom is -0.394 e. The Labute approximate surface area is 482 Å². The second kappa shape index (κ2) is 58.6. The molecular weight excluding hydrogens is 971 g/mol. The van der Waals surface area contributed by atoms with E-state index in [0.717, 1.165) is 38.5 Å². The molecule has 7 unspecified atom stereocenters. The number of unbranched alkanes of at least 4 members (excludes halogenated alkanes) is 46. The van der Waals surface area contributed by atoms with E-state index < -0.39 is 49.5 Å². The molecule has 0 aromatic rings. The molecule has 0 aliphatic carbocycles. The summed E-state index contributed by atoms with van der Waals surface area (Å²) in [5.74, 6) is -0.181. The molecule has 78 heavy (non-hydrogen) atoms. The van der Waals surface area contributed by atoms with Crippen LogP contribution in [0.25, 0.3) is 0 Å². The first-order chi connectivity index (χ1) is 38.3. The van der Waals surface area contributed by atoms with E-state index >= 15 is 0 Å². The Morgan fingerprint density at radius 1 is 0.423 bits per heavy atom. The molecule has 1 fully saturated rings. The minimum atomic E-state index is -1.57. The van der Waals surface area contributed by atoms with Gasteiger partial charge in [-0.2, -0.15) is 0 Å². The average Bonchev–Trinajstić information content (AvgIpc) is 3.45. The van der Waals surface area contributed by atoms with Crippen LogP contribution >= 0.6 is 0 Å². The zero-order valence-electron chi connectivity index (χ0n) is 51.4. The fraction of sp³-hybridized carbons (Fsp3) is 0.899. The second-order valence-electron chi connectivity index (χ2n) is 24.0. The van der Waals surface area contributed by atoms with Crippen molar-refractivity contribution in [1.29, 1.82) is 0 Å². The van der Waals surface area contributed by atoms with Crippen molar-refractivity contribution in [3.8, 4) is 0 Å². The van der Waals surface area contributed by atoms with Crippen molar-refractivity contribution in [2.24, 2.45) is 0 Å². The Hall–Kier alpha value is -1.59. The van der Waals surface area contributed by atoms with E-state index in [1.807, 2.05) is 6.08 Å². The van der Waals surface area contributed by atoms with Gasteiger partial charge in [0.15, 0.2) is 6.29 Å². The Morgan fingerprint density at radius 3 is 1.08 bits per heavy atom. The van der Waals surface area contributed by atoms with Crippen molar-refractivity contribution < 1.29 is 39.8 Å². The molecule has 1 heterocycles. The number of amides is 1. The summed E-state index contributed by atoms with van der Waals surface area (Å²) in [5.41, 5.74) is 0. The average molecular weight is 1100 g/mol. The number of hydrogen-bond donors (Lipinski definition) is 6. The summed E-state index contributed by atoms with van der Waals surface area (Å²) in [6, 6.07) is -0.822. The monoisotopic (exact) mass is 1100 g/mol. The zero-order valence-corrected chi connectivity index (χ0v) is 51.4. The summed E-state index contributed by atoms with van der Waals surface area (Å²) in [4.78, 5) is 13.1. The lowest BCUT2D eigenvalue weighted by Gasteiger charge is -2.40. The molecule has 1 aliphatic heterocycles. The molecule has 0 spiro atoms. The van der Waals surface area contributed by atoms with E-state index in [4.69, 9.17) is 9.47 Å². The van der Waals surface area contributed by atoms with E-state index in [1.165, 1.54) is 283 Å². The highest BCUT2D eigenvalue weighted by atomic mass is 16.7. The summed E-state index contributed by atoms with van der Waals surface area (Å²) in [5, 5.41) is 54.7. The number of allylic oxidation sites excluding steroid dienone is 5. The quantitative estimate of drug-likeness (QED) is 0.0261. The van der Waals surface area contributed by atoms with Crippen molar-refractivity contribution in [2.75, 3.05) is 13.2 Å². The molecule has 1 saturated heterocycles. The lowest BCUT2D eigenvalue weighted by molar-refractivity contribution is -0.302. The van der Waals surface area contributed by atoms with Crippen LogP contribution in [0.3, 0.4) is 0 Å². The summed E-state index contributed by atoms with van der Waals surface area (Å²) in [7, 11) is 0. The fourth-order valence-electron chi connectivity index (χ4n) is 11.1. The molecule has 1 aliphatic rings. The minimum absolute atomic E-state index is 0.181. The van der Waals surface area contributed by atoms with E-state index in [9.17, 15) is 30.3 Å². The molecule has 0 saturated carbocycles. The number of carbonyl (C=O) groups is 1. The van der Waals surface area contributed by atoms with Gasteiger partial charge in [-0.25, -0.2) is 0 Å². The third-order valence-electron chi connectivity index (χ3n) is 16.4.